The molecule has 1 heterocycles. The molecular weight excluding hydrogens is 439 g/mol. The maximum atomic E-state index is 13.3. The molecule has 0 fully saturated rings. The van der Waals surface area contributed by atoms with E-state index in [1.54, 1.807) is 55.5 Å². The van der Waals surface area contributed by atoms with Gasteiger partial charge in [0.15, 0.2) is 11.8 Å². The number of benzene rings is 2. The number of rotatable bonds is 6. The monoisotopic (exact) mass is 458 g/mol. The highest BCUT2D eigenvalue weighted by atomic mass is 35.5. The zero-order chi connectivity index (χ0) is 22.7. The van der Waals surface area contributed by atoms with Gasteiger partial charge in [0, 0.05) is 21.2 Å². The molecule has 0 spiro atoms. The van der Waals surface area contributed by atoms with Crippen LogP contribution in [0, 0.1) is 0 Å². The average molecular weight is 459 g/mol. The lowest BCUT2D eigenvalue weighted by Gasteiger charge is -2.19. The van der Waals surface area contributed by atoms with Crippen molar-refractivity contribution in [2.45, 2.75) is 26.8 Å². The third-order valence-corrected chi connectivity index (χ3v) is 5.22. The Morgan fingerprint density at radius 2 is 1.52 bits per heavy atom. The lowest BCUT2D eigenvalue weighted by Crippen LogP contribution is -2.35. The van der Waals surface area contributed by atoms with Gasteiger partial charge in [0.05, 0.1) is 17.9 Å². The summed E-state index contributed by atoms with van der Waals surface area (Å²) in [6, 6.07) is 12.6. The second kappa shape index (κ2) is 9.45. The lowest BCUT2D eigenvalue weighted by atomic mass is 9.94. The Hall–Kier alpha value is -2.96. The first-order chi connectivity index (χ1) is 14.7. The van der Waals surface area contributed by atoms with Crippen molar-refractivity contribution in [3.63, 3.8) is 0 Å². The molecule has 2 aromatic carbocycles. The van der Waals surface area contributed by atoms with E-state index in [1.165, 1.54) is 13.8 Å². The SMILES string of the molecule is CCOC(=O)C(C)n1nc(-c2ccc(Cl)cc2)c(-c2ccc(Cl)cc2)c(C(C)=O)c1=O. The Bertz CT molecular complexity index is 1190. The topological polar surface area (TPSA) is 78.3 Å². The number of aromatic nitrogens is 2. The van der Waals surface area contributed by atoms with E-state index in [0.29, 0.717) is 32.4 Å². The lowest BCUT2D eigenvalue weighted by molar-refractivity contribution is -0.147. The molecule has 160 valence electrons. The highest BCUT2D eigenvalue weighted by Crippen LogP contribution is 2.34. The van der Waals surface area contributed by atoms with Crippen molar-refractivity contribution in [2.75, 3.05) is 6.61 Å². The quantitative estimate of drug-likeness (QED) is 0.374. The fourth-order valence-electron chi connectivity index (χ4n) is 3.20. The van der Waals surface area contributed by atoms with E-state index in [-0.39, 0.29) is 12.2 Å². The summed E-state index contributed by atoms with van der Waals surface area (Å²) in [4.78, 5) is 38.2. The van der Waals surface area contributed by atoms with Crippen molar-refractivity contribution in [1.29, 1.82) is 0 Å². The number of hydrogen-bond donors (Lipinski definition) is 0. The number of carbonyl (C=O) groups excluding carboxylic acids is 2. The maximum absolute atomic E-state index is 13.3. The molecule has 3 aromatic rings. The van der Waals surface area contributed by atoms with Gasteiger partial charge in [-0.2, -0.15) is 5.10 Å². The van der Waals surface area contributed by atoms with Gasteiger partial charge in [0.1, 0.15) is 0 Å². The summed E-state index contributed by atoms with van der Waals surface area (Å²) in [7, 11) is 0. The van der Waals surface area contributed by atoms with Crippen molar-refractivity contribution in [3.8, 4) is 22.4 Å². The molecule has 0 aliphatic carbocycles. The summed E-state index contributed by atoms with van der Waals surface area (Å²) < 4.78 is 6.05. The molecule has 0 N–H and O–H groups in total. The van der Waals surface area contributed by atoms with E-state index < -0.39 is 23.4 Å². The molecule has 3 rings (SSSR count). The minimum absolute atomic E-state index is 0.0709. The van der Waals surface area contributed by atoms with Gasteiger partial charge in [-0.25, -0.2) is 9.48 Å². The summed E-state index contributed by atoms with van der Waals surface area (Å²) in [6.45, 7) is 4.64. The number of ether oxygens (including phenoxy) is 1. The van der Waals surface area contributed by atoms with Crippen LogP contribution in [0.2, 0.25) is 10.0 Å². The van der Waals surface area contributed by atoms with Crippen molar-refractivity contribution in [2.24, 2.45) is 0 Å². The van der Waals surface area contributed by atoms with Crippen LogP contribution in [0.3, 0.4) is 0 Å². The second-order valence-corrected chi connectivity index (χ2v) is 7.72. The van der Waals surface area contributed by atoms with Gasteiger partial charge in [0.25, 0.3) is 5.56 Å². The molecule has 8 heteroatoms. The zero-order valence-electron chi connectivity index (χ0n) is 17.2. The van der Waals surface area contributed by atoms with E-state index in [9.17, 15) is 14.4 Å². The molecule has 0 bridgehead atoms. The predicted molar refractivity (Wildman–Crippen MR) is 121 cm³/mol. The molecule has 1 unspecified atom stereocenters. The Labute approximate surface area is 189 Å². The first-order valence-corrected chi connectivity index (χ1v) is 10.4. The highest BCUT2D eigenvalue weighted by molar-refractivity contribution is 6.31. The molecule has 0 saturated carbocycles. The van der Waals surface area contributed by atoms with Crippen molar-refractivity contribution >= 4 is 35.0 Å². The van der Waals surface area contributed by atoms with Crippen LogP contribution in [0.25, 0.3) is 22.4 Å². The van der Waals surface area contributed by atoms with Gasteiger partial charge in [0.2, 0.25) is 0 Å². The first kappa shape index (κ1) is 22.7. The van der Waals surface area contributed by atoms with Crippen LogP contribution in [-0.4, -0.2) is 28.1 Å². The predicted octanol–water partition coefficient (Wildman–Crippen LogP) is 5.21. The van der Waals surface area contributed by atoms with Crippen molar-refractivity contribution < 1.29 is 14.3 Å². The number of halogens is 2. The molecule has 0 saturated heterocycles. The summed E-state index contributed by atoms with van der Waals surface area (Å²) in [5.41, 5.74) is 1.21. The van der Waals surface area contributed by atoms with Crippen LogP contribution >= 0.6 is 23.2 Å². The van der Waals surface area contributed by atoms with Gasteiger partial charge in [-0.3, -0.25) is 9.59 Å². The highest BCUT2D eigenvalue weighted by Gasteiger charge is 2.27. The maximum Gasteiger partial charge on any atom is 0.330 e. The van der Waals surface area contributed by atoms with Gasteiger partial charge < -0.3 is 4.74 Å². The number of Topliss-reactive ketones (excluding diaryl/α,β-unsaturated/α-hetero) is 1. The van der Waals surface area contributed by atoms with E-state index >= 15 is 0 Å². The van der Waals surface area contributed by atoms with Crippen molar-refractivity contribution in [1.82, 2.24) is 9.78 Å². The molecule has 0 aliphatic rings. The third kappa shape index (κ3) is 4.70. The Morgan fingerprint density at radius 3 is 2.00 bits per heavy atom. The molecule has 0 amide bonds. The van der Waals surface area contributed by atoms with Gasteiger partial charge in [-0.1, -0.05) is 47.5 Å². The Kier molecular flexibility index (Phi) is 6.93. The molecule has 1 aromatic heterocycles. The molecular formula is C23H20Cl2N2O4. The minimum atomic E-state index is -1.02. The average Bonchev–Trinajstić information content (AvgIpc) is 2.74. The van der Waals surface area contributed by atoms with Crippen LogP contribution in [0.15, 0.2) is 53.3 Å². The summed E-state index contributed by atoms with van der Waals surface area (Å²) in [5, 5.41) is 5.53. The van der Waals surface area contributed by atoms with Gasteiger partial charge >= 0.3 is 5.97 Å². The number of esters is 1. The zero-order valence-corrected chi connectivity index (χ0v) is 18.7. The summed E-state index contributed by atoms with van der Waals surface area (Å²) in [6.07, 6.45) is 0. The fourth-order valence-corrected chi connectivity index (χ4v) is 3.45. The standard InChI is InChI=1S/C23H20Cl2N2O4/c1-4-31-23(30)13(2)27-22(29)19(14(3)28)20(15-5-9-17(24)10-6-15)21(26-27)16-7-11-18(25)12-8-16/h5-13H,4H2,1-3H3. The molecule has 6 nitrogen and oxygen atoms in total. The van der Waals surface area contributed by atoms with Crippen LogP contribution in [0.4, 0.5) is 0 Å². The number of hydrogen-bond acceptors (Lipinski definition) is 5. The second-order valence-electron chi connectivity index (χ2n) is 6.85. The third-order valence-electron chi connectivity index (χ3n) is 4.71. The normalized spacial score (nSPS) is 11.8. The molecule has 1 atom stereocenters. The van der Waals surface area contributed by atoms with Crippen LogP contribution in [-0.2, 0) is 9.53 Å². The van der Waals surface area contributed by atoms with Crippen LogP contribution < -0.4 is 5.56 Å². The van der Waals surface area contributed by atoms with E-state index in [0.717, 1.165) is 4.68 Å². The fraction of sp³-hybridized carbons (Fsp3) is 0.217. The Balaban J connectivity index is 2.40. The molecule has 0 aliphatic heterocycles. The molecule has 31 heavy (non-hydrogen) atoms. The summed E-state index contributed by atoms with van der Waals surface area (Å²) >= 11 is 12.1. The van der Waals surface area contributed by atoms with Crippen LogP contribution in [0.1, 0.15) is 37.2 Å². The van der Waals surface area contributed by atoms with Gasteiger partial charge in [-0.05, 0) is 50.6 Å². The molecule has 0 radical (unpaired) electrons. The summed E-state index contributed by atoms with van der Waals surface area (Å²) in [5.74, 6) is -1.06. The largest absolute Gasteiger partial charge is 0.464 e. The number of ketones is 1. The van der Waals surface area contributed by atoms with E-state index in [1.807, 2.05) is 0 Å². The van der Waals surface area contributed by atoms with Crippen molar-refractivity contribution in [3.05, 3.63) is 74.5 Å². The van der Waals surface area contributed by atoms with E-state index in [4.69, 9.17) is 27.9 Å². The van der Waals surface area contributed by atoms with Crippen LogP contribution in [0.5, 0.6) is 0 Å². The minimum Gasteiger partial charge on any atom is -0.464 e. The Morgan fingerprint density at radius 1 is 1.00 bits per heavy atom. The van der Waals surface area contributed by atoms with Gasteiger partial charge in [-0.15, -0.1) is 0 Å². The number of carbonyl (C=O) groups is 2. The number of nitrogens with zero attached hydrogens (tertiary/aromatic N) is 2. The smallest absolute Gasteiger partial charge is 0.330 e. The first-order valence-electron chi connectivity index (χ1n) is 9.60. The van der Waals surface area contributed by atoms with E-state index in [2.05, 4.69) is 5.10 Å².